The van der Waals surface area contributed by atoms with Crippen LogP contribution in [0.1, 0.15) is 28.8 Å². The normalized spacial score (nSPS) is 14.6. The van der Waals surface area contributed by atoms with Crippen LogP contribution < -0.4 is 5.32 Å². The molecule has 0 aromatic heterocycles. The van der Waals surface area contributed by atoms with Gasteiger partial charge in [-0.05, 0) is 48.7 Å². The monoisotopic (exact) mass is 387 g/mol. The number of benzene rings is 2. The Bertz CT molecular complexity index is 920. The minimum absolute atomic E-state index is 0.0650. The lowest BCUT2D eigenvalue weighted by Crippen LogP contribution is -2.27. The van der Waals surface area contributed by atoms with Gasteiger partial charge < -0.3 is 10.2 Å². The summed E-state index contributed by atoms with van der Waals surface area (Å²) in [5.41, 5.74) is 2.36. The molecule has 0 aliphatic carbocycles. The van der Waals surface area contributed by atoms with Crippen LogP contribution in [0, 0.1) is 0 Å². The van der Waals surface area contributed by atoms with E-state index >= 15 is 0 Å². The molecule has 1 N–H and O–H groups in total. The van der Waals surface area contributed by atoms with Crippen LogP contribution >= 0.6 is 0 Å². The SMILES string of the molecule is CN(C)S(=O)(=O)c1cccc(CNc2cccc(C(=O)N3CCCC3)c2)c1. The lowest BCUT2D eigenvalue weighted by Gasteiger charge is -2.16. The average Bonchev–Trinajstić information content (AvgIpc) is 3.21. The van der Waals surface area contributed by atoms with E-state index in [0.29, 0.717) is 12.1 Å². The van der Waals surface area contributed by atoms with Crippen molar-refractivity contribution >= 4 is 21.6 Å². The van der Waals surface area contributed by atoms with E-state index in [2.05, 4.69) is 5.32 Å². The molecule has 2 aromatic carbocycles. The number of amides is 1. The molecule has 1 fully saturated rings. The van der Waals surface area contributed by atoms with Gasteiger partial charge in [-0.1, -0.05) is 18.2 Å². The zero-order valence-corrected chi connectivity index (χ0v) is 16.5. The molecule has 0 radical (unpaired) electrons. The Hall–Kier alpha value is -2.38. The Kier molecular flexibility index (Phi) is 5.82. The molecule has 3 rings (SSSR count). The maximum Gasteiger partial charge on any atom is 0.253 e. The van der Waals surface area contributed by atoms with Crippen LogP contribution in [0.5, 0.6) is 0 Å². The summed E-state index contributed by atoms with van der Waals surface area (Å²) < 4.78 is 25.7. The molecule has 1 saturated heterocycles. The van der Waals surface area contributed by atoms with Crippen molar-refractivity contribution in [2.24, 2.45) is 0 Å². The summed E-state index contributed by atoms with van der Waals surface area (Å²) in [6.45, 7) is 2.12. The first-order valence-electron chi connectivity index (χ1n) is 9.02. The van der Waals surface area contributed by atoms with Crippen molar-refractivity contribution in [2.45, 2.75) is 24.3 Å². The van der Waals surface area contributed by atoms with Crippen molar-refractivity contribution in [3.05, 3.63) is 59.7 Å². The largest absolute Gasteiger partial charge is 0.381 e. The molecule has 1 amide bonds. The van der Waals surface area contributed by atoms with E-state index in [1.165, 1.54) is 18.4 Å². The van der Waals surface area contributed by atoms with Gasteiger partial charge in [0, 0.05) is 45.0 Å². The first-order chi connectivity index (χ1) is 12.9. The Balaban J connectivity index is 1.70. The molecule has 0 saturated carbocycles. The van der Waals surface area contributed by atoms with E-state index in [4.69, 9.17) is 0 Å². The van der Waals surface area contributed by atoms with E-state index in [0.717, 1.165) is 37.2 Å². The summed E-state index contributed by atoms with van der Waals surface area (Å²) in [5, 5.41) is 3.28. The number of sulfonamides is 1. The van der Waals surface area contributed by atoms with Crippen LogP contribution in [0.2, 0.25) is 0 Å². The van der Waals surface area contributed by atoms with E-state index in [9.17, 15) is 13.2 Å². The third kappa shape index (κ3) is 4.48. The molecule has 144 valence electrons. The minimum Gasteiger partial charge on any atom is -0.381 e. The molecule has 1 aliphatic heterocycles. The van der Waals surface area contributed by atoms with E-state index < -0.39 is 10.0 Å². The molecule has 1 aliphatic rings. The van der Waals surface area contributed by atoms with Crippen molar-refractivity contribution in [1.82, 2.24) is 9.21 Å². The highest BCUT2D eigenvalue weighted by molar-refractivity contribution is 7.89. The van der Waals surface area contributed by atoms with E-state index in [-0.39, 0.29) is 10.8 Å². The first-order valence-corrected chi connectivity index (χ1v) is 10.5. The van der Waals surface area contributed by atoms with Crippen LogP contribution in [0.3, 0.4) is 0 Å². The summed E-state index contributed by atoms with van der Waals surface area (Å²) in [6.07, 6.45) is 2.13. The van der Waals surface area contributed by atoms with Gasteiger partial charge in [-0.3, -0.25) is 4.79 Å². The predicted octanol–water partition coefficient (Wildman–Crippen LogP) is 2.79. The molecular weight excluding hydrogens is 362 g/mol. The van der Waals surface area contributed by atoms with Crippen LogP contribution in [0.15, 0.2) is 53.4 Å². The van der Waals surface area contributed by atoms with Gasteiger partial charge in [0.05, 0.1) is 4.90 Å². The quantitative estimate of drug-likeness (QED) is 0.827. The van der Waals surface area contributed by atoms with Gasteiger partial charge in [0.1, 0.15) is 0 Å². The summed E-state index contributed by atoms with van der Waals surface area (Å²) in [6, 6.07) is 14.3. The minimum atomic E-state index is -3.45. The fraction of sp³-hybridized carbons (Fsp3) is 0.350. The average molecular weight is 388 g/mol. The molecule has 0 unspecified atom stereocenters. The first kappa shape index (κ1) is 19.4. The lowest BCUT2D eigenvalue weighted by molar-refractivity contribution is 0.0793. The standard InChI is InChI=1S/C20H25N3O3S/c1-22(2)27(25,26)19-10-5-7-16(13-19)15-21-18-9-6-8-17(14-18)20(24)23-11-3-4-12-23/h5-10,13-14,21H,3-4,11-12,15H2,1-2H3. The van der Waals surface area contributed by atoms with Gasteiger partial charge in [-0.25, -0.2) is 12.7 Å². The number of hydrogen-bond acceptors (Lipinski definition) is 4. The number of anilines is 1. The Morgan fingerprint density at radius 3 is 2.48 bits per heavy atom. The second kappa shape index (κ2) is 8.10. The molecule has 0 atom stereocenters. The van der Waals surface area contributed by atoms with Crippen LogP contribution in [-0.2, 0) is 16.6 Å². The number of carbonyl (C=O) groups excluding carboxylic acids is 1. The van der Waals surface area contributed by atoms with Crippen molar-refractivity contribution < 1.29 is 13.2 Å². The summed E-state index contributed by atoms with van der Waals surface area (Å²) >= 11 is 0. The zero-order chi connectivity index (χ0) is 19.4. The van der Waals surface area contributed by atoms with Crippen LogP contribution in [0.4, 0.5) is 5.69 Å². The van der Waals surface area contributed by atoms with Crippen LogP contribution in [-0.4, -0.2) is 50.7 Å². The number of rotatable bonds is 6. The molecule has 2 aromatic rings. The number of carbonyl (C=O) groups is 1. The Morgan fingerprint density at radius 2 is 1.78 bits per heavy atom. The van der Waals surface area contributed by atoms with Crippen molar-refractivity contribution in [1.29, 1.82) is 0 Å². The lowest BCUT2D eigenvalue weighted by atomic mass is 10.1. The van der Waals surface area contributed by atoms with Gasteiger partial charge in [0.2, 0.25) is 10.0 Å². The third-order valence-corrected chi connectivity index (χ3v) is 6.49. The second-order valence-corrected chi connectivity index (χ2v) is 9.02. The third-order valence-electron chi connectivity index (χ3n) is 4.68. The Morgan fingerprint density at radius 1 is 1.07 bits per heavy atom. The second-order valence-electron chi connectivity index (χ2n) is 6.87. The van der Waals surface area contributed by atoms with Crippen molar-refractivity contribution in [3.63, 3.8) is 0 Å². The maximum absolute atomic E-state index is 12.5. The smallest absolute Gasteiger partial charge is 0.253 e. The number of nitrogens with zero attached hydrogens (tertiary/aromatic N) is 2. The van der Waals surface area contributed by atoms with Gasteiger partial charge in [-0.2, -0.15) is 0 Å². The molecule has 6 nitrogen and oxygen atoms in total. The fourth-order valence-electron chi connectivity index (χ4n) is 3.10. The summed E-state index contributed by atoms with van der Waals surface area (Å²) in [4.78, 5) is 14.7. The number of hydrogen-bond donors (Lipinski definition) is 1. The highest BCUT2D eigenvalue weighted by Crippen LogP contribution is 2.19. The predicted molar refractivity (Wildman–Crippen MR) is 106 cm³/mol. The molecule has 1 heterocycles. The van der Waals surface area contributed by atoms with Gasteiger partial charge in [0.25, 0.3) is 5.91 Å². The van der Waals surface area contributed by atoms with E-state index in [1.807, 2.05) is 35.2 Å². The van der Waals surface area contributed by atoms with E-state index in [1.54, 1.807) is 18.2 Å². The molecular formula is C20H25N3O3S. The number of nitrogens with one attached hydrogen (secondary N) is 1. The molecule has 0 spiro atoms. The van der Waals surface area contributed by atoms with Gasteiger partial charge in [-0.15, -0.1) is 0 Å². The van der Waals surface area contributed by atoms with Gasteiger partial charge >= 0.3 is 0 Å². The van der Waals surface area contributed by atoms with Crippen molar-refractivity contribution in [2.75, 3.05) is 32.5 Å². The highest BCUT2D eigenvalue weighted by atomic mass is 32.2. The Labute approximate surface area is 160 Å². The summed E-state index contributed by atoms with van der Waals surface area (Å²) in [5.74, 6) is 0.0650. The summed E-state index contributed by atoms with van der Waals surface area (Å²) in [7, 11) is -0.420. The molecule has 27 heavy (non-hydrogen) atoms. The molecule has 0 bridgehead atoms. The fourth-order valence-corrected chi connectivity index (χ4v) is 4.07. The highest BCUT2D eigenvalue weighted by Gasteiger charge is 2.20. The molecule has 7 heteroatoms. The van der Waals surface area contributed by atoms with Crippen LogP contribution in [0.25, 0.3) is 0 Å². The zero-order valence-electron chi connectivity index (χ0n) is 15.7. The maximum atomic E-state index is 12.5. The topological polar surface area (TPSA) is 69.7 Å². The van der Waals surface area contributed by atoms with Crippen molar-refractivity contribution in [3.8, 4) is 0 Å². The van der Waals surface area contributed by atoms with Gasteiger partial charge in [0.15, 0.2) is 0 Å². The number of likely N-dealkylation sites (tertiary alicyclic amines) is 1.